The maximum absolute atomic E-state index is 13.0. The Bertz CT molecular complexity index is 948. The summed E-state index contributed by atoms with van der Waals surface area (Å²) in [7, 11) is 0. The highest BCUT2D eigenvalue weighted by Gasteiger charge is 2.23. The van der Waals surface area contributed by atoms with E-state index in [1.54, 1.807) is 0 Å². The zero-order valence-electron chi connectivity index (χ0n) is 20.2. The third-order valence-electron chi connectivity index (χ3n) is 7.26. The molecule has 0 saturated carbocycles. The van der Waals surface area contributed by atoms with Crippen molar-refractivity contribution >= 4 is 11.6 Å². The van der Waals surface area contributed by atoms with Gasteiger partial charge in [-0.05, 0) is 93.2 Å². The van der Waals surface area contributed by atoms with Crippen LogP contribution in [0.2, 0.25) is 0 Å². The second-order valence-electron chi connectivity index (χ2n) is 9.65. The average molecular weight is 464 g/mol. The summed E-state index contributed by atoms with van der Waals surface area (Å²) in [6, 6.07) is 14.3. The van der Waals surface area contributed by atoms with Gasteiger partial charge in [-0.2, -0.15) is 0 Å². The zero-order chi connectivity index (χ0) is 23.2. The summed E-state index contributed by atoms with van der Waals surface area (Å²) in [6.45, 7) is 8.33. The van der Waals surface area contributed by atoms with Crippen LogP contribution in [-0.2, 0) is 6.42 Å². The molecule has 6 nitrogen and oxygen atoms in total. The van der Waals surface area contributed by atoms with Gasteiger partial charge in [0.05, 0.1) is 13.2 Å². The molecule has 0 atom stereocenters. The Morgan fingerprint density at radius 3 is 2.47 bits per heavy atom. The molecule has 3 aliphatic rings. The normalized spacial score (nSPS) is 18.8. The van der Waals surface area contributed by atoms with Crippen LogP contribution in [0.15, 0.2) is 42.5 Å². The molecule has 0 unspecified atom stereocenters. The van der Waals surface area contributed by atoms with Gasteiger partial charge in [-0.15, -0.1) is 0 Å². The van der Waals surface area contributed by atoms with Gasteiger partial charge in [0, 0.05) is 44.0 Å². The van der Waals surface area contributed by atoms with Gasteiger partial charge < -0.3 is 24.2 Å². The van der Waals surface area contributed by atoms with Crippen LogP contribution >= 0.6 is 0 Å². The summed E-state index contributed by atoms with van der Waals surface area (Å²) < 4.78 is 11.7. The lowest BCUT2D eigenvalue weighted by Crippen LogP contribution is -2.48. The maximum Gasteiger partial charge on any atom is 0.253 e. The van der Waals surface area contributed by atoms with Crippen molar-refractivity contribution in [2.75, 3.05) is 63.9 Å². The molecule has 0 aromatic heterocycles. The molecule has 34 heavy (non-hydrogen) atoms. The molecule has 3 heterocycles. The Labute approximate surface area is 203 Å². The van der Waals surface area contributed by atoms with Gasteiger partial charge >= 0.3 is 0 Å². The van der Waals surface area contributed by atoms with E-state index in [1.165, 1.54) is 38.0 Å². The number of piperazine rings is 1. The lowest BCUT2D eigenvalue weighted by molar-refractivity contribution is 0.0746. The second-order valence-corrected chi connectivity index (χ2v) is 9.65. The summed E-state index contributed by atoms with van der Waals surface area (Å²) in [5.41, 5.74) is 3.13. The number of hydrogen-bond donors (Lipinski definition) is 0. The predicted molar refractivity (Wildman–Crippen MR) is 135 cm³/mol. The lowest BCUT2D eigenvalue weighted by Gasteiger charge is -2.36. The molecule has 0 N–H and O–H groups in total. The third-order valence-corrected chi connectivity index (χ3v) is 7.26. The van der Waals surface area contributed by atoms with Crippen LogP contribution in [-0.4, -0.2) is 74.7 Å². The van der Waals surface area contributed by atoms with Gasteiger partial charge in [-0.1, -0.05) is 6.42 Å². The number of rotatable bonds is 7. The maximum atomic E-state index is 13.0. The Balaban J connectivity index is 1.07. The minimum atomic E-state index is 0.126. The molecule has 0 bridgehead atoms. The molecular formula is C28H37N3O3. The number of piperidine rings is 1. The summed E-state index contributed by atoms with van der Waals surface area (Å²) in [5.74, 6) is 2.00. The van der Waals surface area contributed by atoms with Gasteiger partial charge in [0.1, 0.15) is 11.5 Å². The summed E-state index contributed by atoms with van der Waals surface area (Å²) in [5, 5.41) is 0. The first-order valence-corrected chi connectivity index (χ1v) is 13.0. The fourth-order valence-corrected chi connectivity index (χ4v) is 5.26. The highest BCUT2D eigenvalue weighted by molar-refractivity contribution is 5.94. The van der Waals surface area contributed by atoms with Crippen molar-refractivity contribution in [1.29, 1.82) is 0 Å². The van der Waals surface area contributed by atoms with Crippen LogP contribution in [0.4, 0.5) is 5.69 Å². The Kier molecular flexibility index (Phi) is 7.54. The van der Waals surface area contributed by atoms with Crippen molar-refractivity contribution in [2.24, 2.45) is 0 Å². The molecular weight excluding hydrogens is 426 g/mol. The Morgan fingerprint density at radius 1 is 0.882 bits per heavy atom. The zero-order valence-corrected chi connectivity index (χ0v) is 20.2. The van der Waals surface area contributed by atoms with Crippen molar-refractivity contribution in [3.63, 3.8) is 0 Å². The Morgan fingerprint density at radius 2 is 1.68 bits per heavy atom. The average Bonchev–Trinajstić information content (AvgIpc) is 2.91. The quantitative estimate of drug-likeness (QED) is 0.575. The van der Waals surface area contributed by atoms with Crippen molar-refractivity contribution in [3.8, 4) is 11.5 Å². The van der Waals surface area contributed by atoms with Crippen LogP contribution in [0.3, 0.4) is 0 Å². The van der Waals surface area contributed by atoms with E-state index in [9.17, 15) is 4.79 Å². The SMILES string of the molecule is O=C(c1ccc2c(c1)CCCO2)N1CCN(c2ccc(OCCCN3CCCCC3)cc2)CC1. The minimum absolute atomic E-state index is 0.126. The third kappa shape index (κ3) is 5.66. The summed E-state index contributed by atoms with van der Waals surface area (Å²) in [4.78, 5) is 19.9. The van der Waals surface area contributed by atoms with Crippen molar-refractivity contribution < 1.29 is 14.3 Å². The molecule has 182 valence electrons. The molecule has 3 aliphatic heterocycles. The van der Waals surface area contributed by atoms with Crippen molar-refractivity contribution in [2.45, 2.75) is 38.5 Å². The van der Waals surface area contributed by atoms with E-state index < -0.39 is 0 Å². The topological polar surface area (TPSA) is 45.3 Å². The number of carbonyl (C=O) groups is 1. The van der Waals surface area contributed by atoms with Gasteiger partial charge in [0.2, 0.25) is 0 Å². The van der Waals surface area contributed by atoms with E-state index in [1.807, 2.05) is 23.1 Å². The number of likely N-dealkylation sites (tertiary alicyclic amines) is 1. The number of benzene rings is 2. The lowest BCUT2D eigenvalue weighted by atomic mass is 10.0. The van der Waals surface area contributed by atoms with Gasteiger partial charge in [-0.3, -0.25) is 4.79 Å². The number of nitrogens with zero attached hydrogens (tertiary/aromatic N) is 3. The minimum Gasteiger partial charge on any atom is -0.494 e. The van der Waals surface area contributed by atoms with E-state index in [2.05, 4.69) is 34.1 Å². The second kappa shape index (κ2) is 11.1. The van der Waals surface area contributed by atoms with Crippen LogP contribution in [0.25, 0.3) is 0 Å². The summed E-state index contributed by atoms with van der Waals surface area (Å²) >= 11 is 0. The molecule has 1 amide bonds. The molecule has 0 spiro atoms. The predicted octanol–water partition coefficient (Wildman–Crippen LogP) is 4.23. The number of anilines is 1. The number of fused-ring (bicyclic) bond motifs is 1. The number of carbonyl (C=O) groups excluding carboxylic acids is 1. The van der Waals surface area contributed by atoms with Crippen molar-refractivity contribution in [1.82, 2.24) is 9.80 Å². The largest absolute Gasteiger partial charge is 0.494 e. The van der Waals surface area contributed by atoms with Gasteiger partial charge in [0.25, 0.3) is 5.91 Å². The van der Waals surface area contributed by atoms with Crippen molar-refractivity contribution in [3.05, 3.63) is 53.6 Å². The molecule has 6 heteroatoms. The van der Waals surface area contributed by atoms with Crippen LogP contribution in [0, 0.1) is 0 Å². The van der Waals surface area contributed by atoms with E-state index in [4.69, 9.17) is 9.47 Å². The highest BCUT2D eigenvalue weighted by Crippen LogP contribution is 2.27. The smallest absolute Gasteiger partial charge is 0.253 e. The number of ether oxygens (including phenoxy) is 2. The van der Waals surface area contributed by atoms with Gasteiger partial charge in [0.15, 0.2) is 0 Å². The first-order chi connectivity index (χ1) is 16.8. The molecule has 0 radical (unpaired) electrons. The molecule has 0 aliphatic carbocycles. The van der Waals surface area contributed by atoms with E-state index in [-0.39, 0.29) is 5.91 Å². The molecule has 2 aromatic rings. The first-order valence-electron chi connectivity index (χ1n) is 13.0. The molecule has 2 saturated heterocycles. The molecule has 2 fully saturated rings. The van der Waals surface area contributed by atoms with Crippen LogP contribution in [0.5, 0.6) is 11.5 Å². The number of hydrogen-bond acceptors (Lipinski definition) is 5. The Hall–Kier alpha value is -2.73. The number of aryl methyl sites for hydroxylation is 1. The van der Waals surface area contributed by atoms with E-state index >= 15 is 0 Å². The fraction of sp³-hybridized carbons (Fsp3) is 0.536. The van der Waals surface area contributed by atoms with Gasteiger partial charge in [-0.25, -0.2) is 0 Å². The molecule has 2 aromatic carbocycles. The van der Waals surface area contributed by atoms with Crippen LogP contribution < -0.4 is 14.4 Å². The van der Waals surface area contributed by atoms with E-state index in [0.717, 1.165) is 87.8 Å². The highest BCUT2D eigenvalue weighted by atomic mass is 16.5. The van der Waals surface area contributed by atoms with Crippen LogP contribution in [0.1, 0.15) is 48.0 Å². The number of amides is 1. The summed E-state index contributed by atoms with van der Waals surface area (Å²) in [6.07, 6.45) is 7.15. The first kappa shape index (κ1) is 23.0. The standard InChI is InChI=1S/C28H37N3O3/c32-28(24-7-12-27-23(22-24)6-4-20-34-27)31-18-16-30(17-19-31)25-8-10-26(11-9-25)33-21-5-15-29-13-2-1-3-14-29/h7-12,22H,1-6,13-21H2. The van der Waals surface area contributed by atoms with E-state index in [0.29, 0.717) is 0 Å². The monoisotopic (exact) mass is 463 g/mol. The fourth-order valence-electron chi connectivity index (χ4n) is 5.26. The molecule has 5 rings (SSSR count).